The summed E-state index contributed by atoms with van der Waals surface area (Å²) >= 11 is 0. The number of rotatable bonds is 0. The van der Waals surface area contributed by atoms with Gasteiger partial charge in [0.15, 0.2) is 0 Å². The summed E-state index contributed by atoms with van der Waals surface area (Å²) in [5.74, 6) is 0. The van der Waals surface area contributed by atoms with E-state index in [-0.39, 0.29) is 31.9 Å². The summed E-state index contributed by atoms with van der Waals surface area (Å²) in [6.45, 7) is 6.00. The third-order valence-electron chi connectivity index (χ3n) is 0. The van der Waals surface area contributed by atoms with Crippen molar-refractivity contribution >= 4 is 0 Å². The first-order valence-electron chi connectivity index (χ1n) is 0.500. The van der Waals surface area contributed by atoms with Crippen LogP contribution in [0.1, 0.15) is 0 Å². The Balaban J connectivity index is -0.00000000500. The minimum atomic E-state index is 0. The van der Waals surface area contributed by atoms with Gasteiger partial charge in [0.2, 0.25) is 0 Å². The molecule has 0 aromatic carbocycles. The molecule has 0 aliphatic heterocycles. The van der Waals surface area contributed by atoms with Crippen LogP contribution in [0.3, 0.4) is 0 Å². The molecule has 0 fully saturated rings. The van der Waals surface area contributed by atoms with Crippen LogP contribution in [0.15, 0.2) is 13.2 Å². The summed E-state index contributed by atoms with van der Waals surface area (Å²) in [6.07, 6.45) is 0. The molecule has 1 radical (unpaired) electrons. The monoisotopic (exact) mass is 166 g/mol. The summed E-state index contributed by atoms with van der Waals surface area (Å²) in [7, 11) is 0. The van der Waals surface area contributed by atoms with Crippen LogP contribution in [0.25, 0.3) is 0 Å². The molecule has 2 heteroatoms. The second kappa shape index (κ2) is 60.3. The van der Waals surface area contributed by atoms with Crippen LogP contribution in [0.5, 0.6) is 0 Å². The number of halogens is 1. The molecule has 0 aliphatic rings. The molecule has 0 saturated heterocycles. The Morgan fingerprint density at radius 1 is 1.00 bits per heavy atom. The Morgan fingerprint density at radius 3 is 1.00 bits per heavy atom. The molecule has 27 valence electrons. The molecule has 0 nitrogen and oxygen atoms in total. The molecule has 0 bridgehead atoms. The van der Waals surface area contributed by atoms with Crippen LogP contribution in [-0.2, 0) is 19.5 Å². The minimum Gasteiger partial charge on any atom is -1.00 e. The van der Waals surface area contributed by atoms with E-state index in [2.05, 4.69) is 13.2 Å². The quantitative estimate of drug-likeness (QED) is 0.283. The average Bonchev–Trinajstić information content (AvgIpc) is 1.00. The Hall–Kier alpha value is 0.653. The van der Waals surface area contributed by atoms with Crippen molar-refractivity contribution in [1.82, 2.24) is 0 Å². The fourth-order valence-electron chi connectivity index (χ4n) is 0. The van der Waals surface area contributed by atoms with Crippen LogP contribution >= 0.6 is 0 Å². The third kappa shape index (κ3) is 17.0. The van der Waals surface area contributed by atoms with Crippen molar-refractivity contribution in [2.24, 2.45) is 0 Å². The predicted molar refractivity (Wildman–Crippen MR) is 11.3 cm³/mol. The van der Waals surface area contributed by atoms with Crippen LogP contribution in [0.4, 0.5) is 0 Å². The van der Waals surface area contributed by atoms with E-state index in [0.717, 1.165) is 0 Å². The van der Waals surface area contributed by atoms with Gasteiger partial charge in [-0.25, -0.2) is 0 Å². The summed E-state index contributed by atoms with van der Waals surface area (Å²) in [5.41, 5.74) is 0. The Kier molecular flexibility index (Phi) is 342. The molecule has 4 heavy (non-hydrogen) atoms. The van der Waals surface area contributed by atoms with E-state index in [1.807, 2.05) is 0 Å². The molecular weight excluding hydrogens is 162 g/mol. The Morgan fingerprint density at radius 2 is 1.00 bits per heavy atom. The molecule has 0 atom stereocenters. The maximum atomic E-state index is 3.00. The fraction of sp³-hybridized carbons (Fsp3) is 0. The van der Waals surface area contributed by atoms with Gasteiger partial charge in [-0.15, -0.1) is 13.2 Å². The second-order valence-electron chi connectivity index (χ2n) is 0. The van der Waals surface area contributed by atoms with Gasteiger partial charge in [-0.2, -0.15) is 0 Å². The maximum Gasteiger partial charge on any atom is 2.00 e. The van der Waals surface area contributed by atoms with Crippen molar-refractivity contribution < 1.29 is 31.9 Å². The van der Waals surface area contributed by atoms with Crippen LogP contribution in [0, 0.1) is 0 Å². The van der Waals surface area contributed by atoms with Gasteiger partial charge >= 0.3 is 19.5 Å². The predicted octanol–water partition coefficient (Wildman–Crippen LogP) is -2.20. The first kappa shape index (κ1) is 22.7. The third-order valence-corrected chi connectivity index (χ3v) is 0. The maximum absolute atomic E-state index is 3.00. The molecule has 0 amide bonds. The van der Waals surface area contributed by atoms with Crippen molar-refractivity contribution in [3.8, 4) is 0 Å². The van der Waals surface area contributed by atoms with Gasteiger partial charge in [0.25, 0.3) is 0 Å². The largest absolute Gasteiger partial charge is 2.00 e. The molecule has 0 saturated carbocycles. The van der Waals surface area contributed by atoms with E-state index in [1.165, 1.54) is 0 Å². The second-order valence-corrected chi connectivity index (χ2v) is 0. The Bertz CT molecular complexity index is 6.00. The van der Waals surface area contributed by atoms with E-state index in [1.54, 1.807) is 0 Å². The molecular formula is C2H4ClRh+. The number of hydrogen-bond acceptors (Lipinski definition) is 0. The van der Waals surface area contributed by atoms with Crippen molar-refractivity contribution in [2.45, 2.75) is 0 Å². The van der Waals surface area contributed by atoms with Crippen LogP contribution in [-0.4, -0.2) is 0 Å². The smallest absolute Gasteiger partial charge is 1.00 e. The molecule has 0 aromatic heterocycles. The van der Waals surface area contributed by atoms with Crippen LogP contribution < -0.4 is 12.4 Å². The Labute approximate surface area is 45.5 Å². The van der Waals surface area contributed by atoms with Crippen molar-refractivity contribution in [3.63, 3.8) is 0 Å². The van der Waals surface area contributed by atoms with Gasteiger partial charge in [0.1, 0.15) is 0 Å². The van der Waals surface area contributed by atoms with Gasteiger partial charge in [-0.3, -0.25) is 0 Å². The summed E-state index contributed by atoms with van der Waals surface area (Å²) in [5, 5.41) is 0. The topological polar surface area (TPSA) is 0 Å². The standard InChI is InChI=1S/C2H4.ClH.Rh/c1-2;;/h1-2H2;1H;/q;;+2/p-1. The fourth-order valence-corrected chi connectivity index (χ4v) is 0. The van der Waals surface area contributed by atoms with Crippen LogP contribution in [0.2, 0.25) is 0 Å². The molecule has 0 heterocycles. The zero-order chi connectivity index (χ0) is 2.00. The molecule has 0 N–H and O–H groups in total. The van der Waals surface area contributed by atoms with Crippen molar-refractivity contribution in [3.05, 3.63) is 13.2 Å². The van der Waals surface area contributed by atoms with E-state index in [4.69, 9.17) is 0 Å². The zero-order valence-electron chi connectivity index (χ0n) is 2.13. The van der Waals surface area contributed by atoms with Gasteiger partial charge in [-0.05, 0) is 0 Å². The molecule has 0 aliphatic carbocycles. The number of hydrogen-bond donors (Lipinski definition) is 0. The van der Waals surface area contributed by atoms with Gasteiger partial charge in [0, 0.05) is 0 Å². The molecule has 0 aromatic rings. The van der Waals surface area contributed by atoms with E-state index < -0.39 is 0 Å². The zero-order valence-corrected chi connectivity index (χ0v) is 4.52. The van der Waals surface area contributed by atoms with Gasteiger partial charge in [-0.1, -0.05) is 0 Å². The van der Waals surface area contributed by atoms with Crippen molar-refractivity contribution in [2.75, 3.05) is 0 Å². The van der Waals surface area contributed by atoms with E-state index in [0.29, 0.717) is 0 Å². The first-order valence-corrected chi connectivity index (χ1v) is 0.500. The summed E-state index contributed by atoms with van der Waals surface area (Å²) in [4.78, 5) is 0. The van der Waals surface area contributed by atoms with E-state index in [9.17, 15) is 0 Å². The van der Waals surface area contributed by atoms with E-state index >= 15 is 0 Å². The first-order chi connectivity index (χ1) is 1.00. The molecule has 0 spiro atoms. The summed E-state index contributed by atoms with van der Waals surface area (Å²) in [6, 6.07) is 0. The molecule has 0 rings (SSSR count). The van der Waals surface area contributed by atoms with Gasteiger partial charge < -0.3 is 12.4 Å². The normalized spacial score (nSPS) is 1.00. The molecule has 0 unspecified atom stereocenters. The average molecular weight is 166 g/mol. The van der Waals surface area contributed by atoms with Crippen molar-refractivity contribution in [1.29, 1.82) is 0 Å². The van der Waals surface area contributed by atoms with Gasteiger partial charge in [0.05, 0.1) is 0 Å². The SMILES string of the molecule is C=C.[Cl-].[Rh+2]. The summed E-state index contributed by atoms with van der Waals surface area (Å²) < 4.78 is 0. The minimum absolute atomic E-state index is 0.